The molecule has 1 rings (SSSR count). The topological polar surface area (TPSA) is 9.23 Å². The van der Waals surface area contributed by atoms with Crippen LogP contribution in [-0.2, 0) is 4.52 Å². The molecular weight excluding hydrogens is 186 g/mol. The molecule has 0 aromatic heterocycles. The first-order valence-electron chi connectivity index (χ1n) is 5.07. The van der Waals surface area contributed by atoms with E-state index in [-0.39, 0.29) is 7.84 Å². The van der Waals surface area contributed by atoms with Crippen LogP contribution in [0, 0.1) is 0 Å². The van der Waals surface area contributed by atoms with Crippen LogP contribution in [0.2, 0.25) is 0 Å². The fourth-order valence-corrected chi connectivity index (χ4v) is 6.15. The fourth-order valence-electron chi connectivity index (χ4n) is 1.46. The van der Waals surface area contributed by atoms with Crippen molar-refractivity contribution in [3.8, 4) is 0 Å². The van der Waals surface area contributed by atoms with Crippen molar-refractivity contribution >= 4 is 16.1 Å². The van der Waals surface area contributed by atoms with Crippen molar-refractivity contribution in [2.75, 3.05) is 18.9 Å². The maximum Gasteiger partial charge on any atom is 0.0499 e. The summed E-state index contributed by atoms with van der Waals surface area (Å²) >= 11 is 0. The largest absolute Gasteiger partial charge is 0.355 e. The van der Waals surface area contributed by atoms with Crippen LogP contribution in [0.4, 0.5) is 0 Å². The molecule has 72 valence electrons. The van der Waals surface area contributed by atoms with E-state index in [0.717, 1.165) is 14.9 Å². The molecule has 1 fully saturated rings. The first-order chi connectivity index (χ1) is 5.93. The summed E-state index contributed by atoms with van der Waals surface area (Å²) in [6, 6.07) is 0. The first-order valence-corrected chi connectivity index (χ1v) is 8.57. The lowest BCUT2D eigenvalue weighted by atomic mass is 10.2. The third-order valence-corrected chi connectivity index (χ3v) is 7.12. The standard InChI is InChI=1S/C9H20OP2/c1-2-10-12-9-7-5-3-4-6-8-11-12/h11H,2-9H2,1H3. The fraction of sp³-hybridized carbons (Fsp3) is 1.00. The molecule has 0 N–H and O–H groups in total. The second-order valence-corrected chi connectivity index (χ2v) is 7.92. The van der Waals surface area contributed by atoms with Crippen LogP contribution in [0.5, 0.6) is 0 Å². The Balaban J connectivity index is 2.19. The Morgan fingerprint density at radius 2 is 1.92 bits per heavy atom. The normalized spacial score (nSPS) is 29.2. The first kappa shape index (κ1) is 10.9. The van der Waals surface area contributed by atoms with E-state index in [1.807, 2.05) is 0 Å². The summed E-state index contributed by atoms with van der Waals surface area (Å²) < 4.78 is 5.75. The van der Waals surface area contributed by atoms with E-state index < -0.39 is 0 Å². The summed E-state index contributed by atoms with van der Waals surface area (Å²) in [6.45, 7) is 3.05. The lowest BCUT2D eigenvalue weighted by molar-refractivity contribution is 0.385. The average molecular weight is 206 g/mol. The molecule has 0 radical (unpaired) electrons. The molecule has 0 aromatic carbocycles. The molecule has 2 unspecified atom stereocenters. The van der Waals surface area contributed by atoms with Crippen LogP contribution in [0.3, 0.4) is 0 Å². The maximum atomic E-state index is 5.75. The van der Waals surface area contributed by atoms with E-state index >= 15 is 0 Å². The van der Waals surface area contributed by atoms with Crippen LogP contribution in [0.25, 0.3) is 0 Å². The van der Waals surface area contributed by atoms with Gasteiger partial charge in [0.25, 0.3) is 0 Å². The summed E-state index contributed by atoms with van der Waals surface area (Å²) in [6.07, 6.45) is 10.0. The van der Waals surface area contributed by atoms with Crippen molar-refractivity contribution in [2.24, 2.45) is 0 Å². The van der Waals surface area contributed by atoms with Gasteiger partial charge in [0.15, 0.2) is 0 Å². The highest BCUT2D eigenvalue weighted by atomic mass is 32.1. The Morgan fingerprint density at radius 1 is 1.17 bits per heavy atom. The van der Waals surface area contributed by atoms with Crippen LogP contribution in [-0.4, -0.2) is 18.9 Å². The molecule has 0 aromatic rings. The van der Waals surface area contributed by atoms with Gasteiger partial charge in [-0.3, -0.25) is 0 Å². The molecule has 0 saturated carbocycles. The van der Waals surface area contributed by atoms with Crippen LogP contribution in [0.15, 0.2) is 0 Å². The van der Waals surface area contributed by atoms with Gasteiger partial charge in [-0.25, -0.2) is 0 Å². The lowest BCUT2D eigenvalue weighted by Crippen LogP contribution is -1.86. The molecule has 1 saturated heterocycles. The minimum Gasteiger partial charge on any atom is -0.355 e. The minimum atomic E-state index is -0.00475. The molecular formula is C9H20OP2. The second-order valence-electron chi connectivity index (χ2n) is 3.20. The van der Waals surface area contributed by atoms with Gasteiger partial charge >= 0.3 is 0 Å². The van der Waals surface area contributed by atoms with Gasteiger partial charge in [0.2, 0.25) is 0 Å². The number of hydrogen-bond acceptors (Lipinski definition) is 1. The third-order valence-electron chi connectivity index (χ3n) is 2.11. The van der Waals surface area contributed by atoms with Crippen molar-refractivity contribution in [3.63, 3.8) is 0 Å². The molecule has 2 atom stereocenters. The third kappa shape index (κ3) is 4.75. The SMILES string of the molecule is CCOP1CCCCCCCP1. The molecule has 1 aliphatic heterocycles. The quantitative estimate of drug-likeness (QED) is 0.621. The summed E-state index contributed by atoms with van der Waals surface area (Å²) in [5.41, 5.74) is 0. The van der Waals surface area contributed by atoms with Crippen LogP contribution < -0.4 is 0 Å². The van der Waals surface area contributed by atoms with E-state index in [9.17, 15) is 0 Å². The molecule has 1 heterocycles. The number of hydrogen-bond donors (Lipinski definition) is 0. The minimum absolute atomic E-state index is 0.00475. The van der Waals surface area contributed by atoms with E-state index in [1.54, 1.807) is 0 Å². The van der Waals surface area contributed by atoms with Gasteiger partial charge in [-0.05, 0) is 32.1 Å². The zero-order chi connectivity index (χ0) is 8.65. The molecule has 0 aliphatic carbocycles. The van der Waals surface area contributed by atoms with E-state index in [4.69, 9.17) is 4.52 Å². The molecule has 0 amide bonds. The Morgan fingerprint density at radius 3 is 2.75 bits per heavy atom. The Kier molecular flexibility index (Phi) is 6.58. The molecule has 0 spiro atoms. The highest BCUT2D eigenvalue weighted by Crippen LogP contribution is 2.57. The van der Waals surface area contributed by atoms with Gasteiger partial charge in [-0.15, -0.1) is 0 Å². The Hall–Kier alpha value is 0.820. The van der Waals surface area contributed by atoms with Crippen molar-refractivity contribution in [1.29, 1.82) is 0 Å². The predicted molar refractivity (Wildman–Crippen MR) is 59.7 cm³/mol. The summed E-state index contributed by atoms with van der Waals surface area (Å²) in [7, 11) is 1.12. The summed E-state index contributed by atoms with van der Waals surface area (Å²) in [5.74, 6) is 0. The zero-order valence-corrected chi connectivity index (χ0v) is 9.91. The summed E-state index contributed by atoms with van der Waals surface area (Å²) in [5, 5.41) is 0. The molecule has 3 heteroatoms. The van der Waals surface area contributed by atoms with E-state index in [2.05, 4.69) is 6.92 Å². The average Bonchev–Trinajstić information content (AvgIpc) is 2.19. The van der Waals surface area contributed by atoms with Gasteiger partial charge in [-0.2, -0.15) is 0 Å². The van der Waals surface area contributed by atoms with Gasteiger partial charge in [0.05, 0.1) is 0 Å². The predicted octanol–water partition coefficient (Wildman–Crippen LogP) is 3.98. The van der Waals surface area contributed by atoms with Crippen molar-refractivity contribution in [2.45, 2.75) is 39.0 Å². The van der Waals surface area contributed by atoms with Crippen molar-refractivity contribution in [3.05, 3.63) is 0 Å². The molecule has 0 bridgehead atoms. The highest BCUT2D eigenvalue weighted by Gasteiger charge is 2.09. The Bertz CT molecular complexity index is 98.7. The number of rotatable bonds is 2. The lowest BCUT2D eigenvalue weighted by Gasteiger charge is -2.14. The smallest absolute Gasteiger partial charge is 0.0499 e. The molecule has 1 aliphatic rings. The van der Waals surface area contributed by atoms with Crippen molar-refractivity contribution in [1.82, 2.24) is 0 Å². The molecule has 1 nitrogen and oxygen atoms in total. The zero-order valence-electron chi connectivity index (χ0n) is 8.01. The van der Waals surface area contributed by atoms with Gasteiger partial charge in [0.1, 0.15) is 0 Å². The highest BCUT2D eigenvalue weighted by molar-refractivity contribution is 8.19. The van der Waals surface area contributed by atoms with E-state index in [0.29, 0.717) is 0 Å². The second kappa shape index (κ2) is 7.25. The van der Waals surface area contributed by atoms with Gasteiger partial charge < -0.3 is 4.52 Å². The van der Waals surface area contributed by atoms with Gasteiger partial charge in [0, 0.05) is 14.4 Å². The molecule has 12 heavy (non-hydrogen) atoms. The van der Waals surface area contributed by atoms with Crippen LogP contribution >= 0.6 is 16.1 Å². The summed E-state index contributed by atoms with van der Waals surface area (Å²) in [4.78, 5) is 0. The van der Waals surface area contributed by atoms with Crippen molar-refractivity contribution < 1.29 is 4.52 Å². The van der Waals surface area contributed by atoms with E-state index in [1.165, 1.54) is 44.4 Å². The maximum absolute atomic E-state index is 5.75. The monoisotopic (exact) mass is 206 g/mol. The Labute approximate surface area is 79.2 Å². The van der Waals surface area contributed by atoms with Crippen LogP contribution in [0.1, 0.15) is 39.0 Å². The van der Waals surface area contributed by atoms with Gasteiger partial charge in [-0.1, -0.05) is 27.5 Å².